The molecule has 0 saturated carbocycles. The lowest BCUT2D eigenvalue weighted by Crippen LogP contribution is -2.27. The summed E-state index contributed by atoms with van der Waals surface area (Å²) in [6, 6.07) is 5.36. The summed E-state index contributed by atoms with van der Waals surface area (Å²) in [5.74, 6) is -0.270. The van der Waals surface area contributed by atoms with Gasteiger partial charge in [0.2, 0.25) is 0 Å². The first kappa shape index (κ1) is 11.6. The van der Waals surface area contributed by atoms with E-state index in [0.29, 0.717) is 23.4 Å². The van der Waals surface area contributed by atoms with Crippen molar-refractivity contribution < 1.29 is 4.42 Å². The average molecular weight is 233 g/mol. The van der Waals surface area contributed by atoms with E-state index in [1.54, 1.807) is 12.1 Å². The average Bonchev–Trinajstić information content (AvgIpc) is 2.24. The molecule has 0 unspecified atom stereocenters. The van der Waals surface area contributed by atoms with Crippen molar-refractivity contribution in [1.82, 2.24) is 4.57 Å². The lowest BCUT2D eigenvalue weighted by atomic mass is 10.1. The van der Waals surface area contributed by atoms with Gasteiger partial charge in [0.15, 0.2) is 0 Å². The molecule has 0 N–H and O–H groups in total. The Labute approximate surface area is 98.5 Å². The van der Waals surface area contributed by atoms with Crippen LogP contribution in [0.1, 0.15) is 19.4 Å². The van der Waals surface area contributed by atoms with E-state index >= 15 is 0 Å². The van der Waals surface area contributed by atoms with Gasteiger partial charge in [0.25, 0.3) is 0 Å². The van der Waals surface area contributed by atoms with Crippen molar-refractivity contribution >= 4 is 10.9 Å². The summed E-state index contributed by atoms with van der Waals surface area (Å²) >= 11 is 0. The number of aryl methyl sites for hydroxylation is 1. The van der Waals surface area contributed by atoms with Crippen LogP contribution < -0.4 is 11.4 Å². The Balaban J connectivity index is 2.91. The quantitative estimate of drug-likeness (QED) is 0.796. The maximum atomic E-state index is 11.7. The number of hydrogen-bond acceptors (Lipinski definition) is 3. The third kappa shape index (κ3) is 2.02. The van der Waals surface area contributed by atoms with Gasteiger partial charge in [0.1, 0.15) is 0 Å². The van der Waals surface area contributed by atoms with Gasteiger partial charge in [0, 0.05) is 6.54 Å². The smallest absolute Gasteiger partial charge is 0.372 e. The first-order valence-electron chi connectivity index (χ1n) is 5.64. The van der Waals surface area contributed by atoms with Gasteiger partial charge in [-0.25, -0.2) is 9.59 Å². The molecule has 0 aliphatic carbocycles. The van der Waals surface area contributed by atoms with Gasteiger partial charge in [0.05, 0.1) is 10.9 Å². The van der Waals surface area contributed by atoms with Crippen LogP contribution in [-0.4, -0.2) is 4.57 Å². The van der Waals surface area contributed by atoms with Crippen LogP contribution in [0.15, 0.2) is 32.2 Å². The molecule has 2 rings (SSSR count). The molecule has 0 radical (unpaired) electrons. The fourth-order valence-electron chi connectivity index (χ4n) is 1.99. The van der Waals surface area contributed by atoms with Gasteiger partial charge in [-0.15, -0.1) is 0 Å². The van der Waals surface area contributed by atoms with Crippen LogP contribution in [0.2, 0.25) is 0 Å². The van der Waals surface area contributed by atoms with Crippen molar-refractivity contribution in [2.75, 3.05) is 0 Å². The molecule has 0 atom stereocenters. The predicted octanol–water partition coefficient (Wildman–Crippen LogP) is 1.92. The van der Waals surface area contributed by atoms with E-state index in [0.717, 1.165) is 5.56 Å². The minimum Gasteiger partial charge on any atom is -0.372 e. The van der Waals surface area contributed by atoms with E-state index in [1.165, 1.54) is 4.57 Å². The highest BCUT2D eigenvalue weighted by molar-refractivity contribution is 5.80. The van der Waals surface area contributed by atoms with Crippen molar-refractivity contribution in [1.29, 1.82) is 0 Å². The molecular weight excluding hydrogens is 218 g/mol. The first-order valence-corrected chi connectivity index (χ1v) is 5.64. The molecule has 0 fully saturated rings. The molecule has 1 heterocycles. The molecule has 1 aromatic heterocycles. The highest BCUT2D eigenvalue weighted by Gasteiger charge is 2.11. The Hall–Kier alpha value is -1.84. The highest BCUT2D eigenvalue weighted by atomic mass is 16.4. The minimum atomic E-state index is -0.578. The zero-order valence-electron chi connectivity index (χ0n) is 10.2. The van der Waals surface area contributed by atoms with Crippen LogP contribution in [0.3, 0.4) is 0 Å². The summed E-state index contributed by atoms with van der Waals surface area (Å²) in [6.45, 7) is 6.46. The van der Waals surface area contributed by atoms with Gasteiger partial charge in [-0.2, -0.15) is 0 Å². The normalized spacial score (nSPS) is 11.3. The summed E-state index contributed by atoms with van der Waals surface area (Å²) in [5, 5.41) is 0.463. The van der Waals surface area contributed by atoms with Gasteiger partial charge in [-0.3, -0.25) is 4.57 Å². The molecule has 0 aliphatic heterocycles. The third-order valence-corrected chi connectivity index (χ3v) is 2.68. The Morgan fingerprint density at radius 1 is 1.29 bits per heavy atom. The fraction of sp³-hybridized carbons (Fsp3) is 0.385. The zero-order chi connectivity index (χ0) is 12.6. The Morgan fingerprint density at radius 2 is 2.00 bits per heavy atom. The standard InChI is InChI=1S/C13H15NO3/c1-8(2)7-14-11-9(3)5-4-6-10(11)12(15)17-13(14)16/h4-6,8H,7H2,1-3H3. The molecular formula is C13H15NO3. The lowest BCUT2D eigenvalue weighted by molar-refractivity contribution is 0.392. The molecule has 2 aromatic rings. The number of hydrogen-bond donors (Lipinski definition) is 0. The predicted molar refractivity (Wildman–Crippen MR) is 66.3 cm³/mol. The summed E-state index contributed by atoms with van der Waals surface area (Å²) in [7, 11) is 0. The lowest BCUT2D eigenvalue weighted by Gasteiger charge is -2.12. The van der Waals surface area contributed by atoms with Crippen LogP contribution >= 0.6 is 0 Å². The molecule has 1 aromatic carbocycles. The van der Waals surface area contributed by atoms with Crippen molar-refractivity contribution in [3.05, 3.63) is 44.7 Å². The number of benzene rings is 1. The first-order chi connectivity index (χ1) is 8.00. The monoisotopic (exact) mass is 233 g/mol. The largest absolute Gasteiger partial charge is 0.422 e. The van der Waals surface area contributed by atoms with Crippen molar-refractivity contribution in [3.8, 4) is 0 Å². The summed E-state index contributed by atoms with van der Waals surface area (Å²) in [5.41, 5.74) is 1.03. The Kier molecular flexibility index (Phi) is 2.88. The van der Waals surface area contributed by atoms with E-state index in [-0.39, 0.29) is 0 Å². The van der Waals surface area contributed by atoms with Crippen molar-refractivity contribution in [2.45, 2.75) is 27.3 Å². The third-order valence-electron chi connectivity index (χ3n) is 2.68. The molecule has 0 spiro atoms. The van der Waals surface area contributed by atoms with Crippen LogP contribution in [0.5, 0.6) is 0 Å². The second-order valence-electron chi connectivity index (χ2n) is 4.63. The Bertz CT molecular complexity index is 664. The fourth-order valence-corrected chi connectivity index (χ4v) is 1.99. The maximum absolute atomic E-state index is 11.7. The van der Waals surface area contributed by atoms with E-state index in [9.17, 15) is 9.59 Å². The molecule has 0 saturated heterocycles. The molecule has 0 aliphatic rings. The number of rotatable bonds is 2. The molecule has 4 nitrogen and oxygen atoms in total. The van der Waals surface area contributed by atoms with Gasteiger partial charge >= 0.3 is 11.4 Å². The molecule has 0 bridgehead atoms. The second kappa shape index (κ2) is 4.20. The maximum Gasteiger partial charge on any atom is 0.422 e. The molecule has 90 valence electrons. The van der Waals surface area contributed by atoms with Crippen LogP contribution in [-0.2, 0) is 6.54 Å². The number of nitrogens with zero attached hydrogens (tertiary/aromatic N) is 1. The van der Waals surface area contributed by atoms with Crippen LogP contribution in [0.25, 0.3) is 10.9 Å². The Morgan fingerprint density at radius 3 is 2.65 bits per heavy atom. The van der Waals surface area contributed by atoms with Crippen molar-refractivity contribution in [2.24, 2.45) is 5.92 Å². The second-order valence-corrected chi connectivity index (χ2v) is 4.63. The summed E-state index contributed by atoms with van der Waals surface area (Å²) in [6.07, 6.45) is 0. The van der Waals surface area contributed by atoms with Crippen molar-refractivity contribution in [3.63, 3.8) is 0 Å². The summed E-state index contributed by atoms with van der Waals surface area (Å²) < 4.78 is 6.27. The SMILES string of the molecule is Cc1cccc2c(=O)oc(=O)n(CC(C)C)c12. The molecule has 0 amide bonds. The van der Waals surface area contributed by atoms with Crippen LogP contribution in [0.4, 0.5) is 0 Å². The highest BCUT2D eigenvalue weighted by Crippen LogP contribution is 2.14. The van der Waals surface area contributed by atoms with E-state index in [4.69, 9.17) is 4.42 Å². The summed E-state index contributed by atoms with van der Waals surface area (Å²) in [4.78, 5) is 23.3. The zero-order valence-corrected chi connectivity index (χ0v) is 10.2. The van der Waals surface area contributed by atoms with Gasteiger partial charge in [-0.05, 0) is 24.5 Å². The number of para-hydroxylation sites is 1. The minimum absolute atomic E-state index is 0.309. The van der Waals surface area contributed by atoms with Crippen LogP contribution in [0, 0.1) is 12.8 Å². The topological polar surface area (TPSA) is 52.2 Å². The molecule has 17 heavy (non-hydrogen) atoms. The molecule has 4 heteroatoms. The van der Waals surface area contributed by atoms with Gasteiger partial charge < -0.3 is 4.42 Å². The van der Waals surface area contributed by atoms with E-state index < -0.39 is 11.4 Å². The van der Waals surface area contributed by atoms with E-state index in [2.05, 4.69) is 0 Å². The number of fused-ring (bicyclic) bond motifs is 1. The van der Waals surface area contributed by atoms with E-state index in [1.807, 2.05) is 26.8 Å². The number of aromatic nitrogens is 1. The van der Waals surface area contributed by atoms with Gasteiger partial charge in [-0.1, -0.05) is 26.0 Å².